The average Bonchev–Trinajstić information content (AvgIpc) is 2.23. The minimum absolute atomic E-state index is 0.0467. The molecule has 96 valence electrons. The fourth-order valence-corrected chi connectivity index (χ4v) is 2.73. The van der Waals surface area contributed by atoms with Crippen molar-refractivity contribution in [1.29, 1.82) is 0 Å². The predicted molar refractivity (Wildman–Crippen MR) is 68.8 cm³/mol. The van der Waals surface area contributed by atoms with Gasteiger partial charge in [0.25, 0.3) is 0 Å². The van der Waals surface area contributed by atoms with E-state index in [0.29, 0.717) is 12.1 Å². The van der Waals surface area contributed by atoms with Gasteiger partial charge in [0.15, 0.2) is 9.84 Å². The highest BCUT2D eigenvalue weighted by molar-refractivity contribution is 7.91. The Balaban J connectivity index is 2.49. The Morgan fingerprint density at radius 1 is 1.35 bits per heavy atom. The van der Waals surface area contributed by atoms with Crippen LogP contribution >= 0.6 is 11.6 Å². The zero-order valence-electron chi connectivity index (χ0n) is 9.54. The summed E-state index contributed by atoms with van der Waals surface area (Å²) in [6.45, 7) is 2.09. The highest BCUT2D eigenvalue weighted by atomic mass is 35.5. The summed E-state index contributed by atoms with van der Waals surface area (Å²) < 4.78 is 35.9. The van der Waals surface area contributed by atoms with E-state index < -0.39 is 15.7 Å². The van der Waals surface area contributed by atoms with Crippen LogP contribution in [-0.2, 0) is 9.84 Å². The first-order valence-corrected chi connectivity index (χ1v) is 7.54. The normalized spacial score (nSPS) is 11.5. The maximum absolute atomic E-state index is 13.1. The lowest BCUT2D eigenvalue weighted by molar-refractivity contribution is 0.595. The van der Waals surface area contributed by atoms with Crippen molar-refractivity contribution in [3.05, 3.63) is 29.0 Å². The number of nitrogens with one attached hydrogen (secondary N) is 1. The molecule has 1 rings (SSSR count). The molecule has 0 aromatic heterocycles. The molecule has 0 bridgehead atoms. The first-order valence-electron chi connectivity index (χ1n) is 5.34. The van der Waals surface area contributed by atoms with E-state index in [4.69, 9.17) is 11.6 Å². The van der Waals surface area contributed by atoms with Gasteiger partial charge in [0.05, 0.1) is 10.8 Å². The molecular weight excluding hydrogens is 265 g/mol. The molecule has 0 aliphatic rings. The van der Waals surface area contributed by atoms with E-state index in [9.17, 15) is 12.8 Å². The van der Waals surface area contributed by atoms with E-state index >= 15 is 0 Å². The standard InChI is InChI=1S/C11H15ClFNO2S/c1-2-6-17(15,16)7-5-14-9-3-4-10(12)11(13)8-9/h3-4,8,14H,2,5-7H2,1H3. The van der Waals surface area contributed by atoms with Crippen molar-refractivity contribution in [3.63, 3.8) is 0 Å². The Hall–Kier alpha value is -0.810. The number of hydrogen-bond acceptors (Lipinski definition) is 3. The Morgan fingerprint density at radius 2 is 2.06 bits per heavy atom. The lowest BCUT2D eigenvalue weighted by Gasteiger charge is -2.07. The SMILES string of the molecule is CCCS(=O)(=O)CCNc1ccc(Cl)c(F)c1. The van der Waals surface area contributed by atoms with E-state index in [1.165, 1.54) is 12.1 Å². The van der Waals surface area contributed by atoms with Crippen molar-refractivity contribution in [1.82, 2.24) is 0 Å². The summed E-state index contributed by atoms with van der Waals surface area (Å²) in [4.78, 5) is 0. The zero-order valence-corrected chi connectivity index (χ0v) is 11.1. The summed E-state index contributed by atoms with van der Waals surface area (Å²) in [5.41, 5.74) is 0.526. The second-order valence-electron chi connectivity index (χ2n) is 3.71. The van der Waals surface area contributed by atoms with E-state index in [0.717, 1.165) is 0 Å². The van der Waals surface area contributed by atoms with Gasteiger partial charge in [0.1, 0.15) is 5.82 Å². The molecule has 1 aromatic carbocycles. The smallest absolute Gasteiger partial charge is 0.152 e. The van der Waals surface area contributed by atoms with E-state index in [1.54, 1.807) is 6.07 Å². The summed E-state index contributed by atoms with van der Waals surface area (Å²) in [7, 11) is -3.00. The van der Waals surface area contributed by atoms with Crippen LogP contribution in [0.2, 0.25) is 5.02 Å². The van der Waals surface area contributed by atoms with Crippen LogP contribution < -0.4 is 5.32 Å². The predicted octanol–water partition coefficient (Wildman–Crippen LogP) is 2.72. The average molecular weight is 280 g/mol. The highest BCUT2D eigenvalue weighted by Gasteiger charge is 2.08. The minimum atomic E-state index is -3.00. The van der Waals surface area contributed by atoms with Gasteiger partial charge in [-0.25, -0.2) is 12.8 Å². The summed E-state index contributed by atoms with van der Waals surface area (Å²) in [5, 5.41) is 2.90. The third-order valence-electron chi connectivity index (χ3n) is 2.18. The summed E-state index contributed by atoms with van der Waals surface area (Å²) in [6.07, 6.45) is 0.609. The molecule has 0 spiro atoms. The van der Waals surface area contributed by atoms with Gasteiger partial charge < -0.3 is 5.32 Å². The van der Waals surface area contributed by atoms with Crippen LogP contribution in [0.4, 0.5) is 10.1 Å². The van der Waals surface area contributed by atoms with Gasteiger partial charge in [-0.2, -0.15) is 0 Å². The van der Waals surface area contributed by atoms with Crippen LogP contribution in [0.15, 0.2) is 18.2 Å². The largest absolute Gasteiger partial charge is 0.384 e. The molecular formula is C11H15ClFNO2S. The zero-order chi connectivity index (χ0) is 12.9. The van der Waals surface area contributed by atoms with Crippen molar-refractivity contribution < 1.29 is 12.8 Å². The first-order chi connectivity index (χ1) is 7.94. The van der Waals surface area contributed by atoms with Crippen LogP contribution in [0, 0.1) is 5.82 Å². The Labute approximate surface area is 106 Å². The number of anilines is 1. The van der Waals surface area contributed by atoms with Crippen molar-refractivity contribution in [2.75, 3.05) is 23.4 Å². The second kappa shape index (κ2) is 6.21. The van der Waals surface area contributed by atoms with Crippen molar-refractivity contribution in [2.45, 2.75) is 13.3 Å². The lowest BCUT2D eigenvalue weighted by Crippen LogP contribution is -2.18. The van der Waals surface area contributed by atoms with E-state index in [-0.39, 0.29) is 23.1 Å². The molecule has 6 heteroatoms. The van der Waals surface area contributed by atoms with Gasteiger partial charge in [-0.15, -0.1) is 0 Å². The number of benzene rings is 1. The lowest BCUT2D eigenvalue weighted by atomic mass is 10.3. The maximum Gasteiger partial charge on any atom is 0.152 e. The minimum Gasteiger partial charge on any atom is -0.384 e. The topological polar surface area (TPSA) is 46.2 Å². The summed E-state index contributed by atoms with van der Waals surface area (Å²) in [5.74, 6) is -0.289. The summed E-state index contributed by atoms with van der Waals surface area (Å²) in [6, 6.07) is 4.28. The number of halogens is 2. The first kappa shape index (κ1) is 14.3. The van der Waals surface area contributed by atoms with Crippen LogP contribution in [-0.4, -0.2) is 26.5 Å². The molecule has 0 amide bonds. The monoisotopic (exact) mass is 279 g/mol. The van der Waals surface area contributed by atoms with Gasteiger partial charge in [-0.05, 0) is 24.6 Å². The van der Waals surface area contributed by atoms with E-state index in [2.05, 4.69) is 5.32 Å². The Bertz CT molecular complexity index is 476. The van der Waals surface area contributed by atoms with Crippen LogP contribution in [0.5, 0.6) is 0 Å². The third kappa shape index (κ3) is 4.91. The molecule has 1 aromatic rings. The van der Waals surface area contributed by atoms with Gasteiger partial charge >= 0.3 is 0 Å². The van der Waals surface area contributed by atoms with E-state index in [1.807, 2.05) is 6.92 Å². The van der Waals surface area contributed by atoms with Gasteiger partial charge in [-0.1, -0.05) is 18.5 Å². The molecule has 0 unspecified atom stereocenters. The van der Waals surface area contributed by atoms with Crippen LogP contribution in [0.3, 0.4) is 0 Å². The number of sulfone groups is 1. The van der Waals surface area contributed by atoms with Crippen LogP contribution in [0.25, 0.3) is 0 Å². The molecule has 0 radical (unpaired) electrons. The number of rotatable bonds is 6. The van der Waals surface area contributed by atoms with Crippen molar-refractivity contribution >= 4 is 27.1 Å². The Kier molecular flexibility index (Phi) is 5.21. The Morgan fingerprint density at radius 3 is 2.65 bits per heavy atom. The third-order valence-corrected chi connectivity index (χ3v) is 4.34. The molecule has 0 fully saturated rings. The highest BCUT2D eigenvalue weighted by Crippen LogP contribution is 2.18. The maximum atomic E-state index is 13.1. The molecule has 17 heavy (non-hydrogen) atoms. The molecule has 0 saturated heterocycles. The van der Waals surface area contributed by atoms with Crippen molar-refractivity contribution in [3.8, 4) is 0 Å². The van der Waals surface area contributed by atoms with Crippen LogP contribution in [0.1, 0.15) is 13.3 Å². The molecule has 0 saturated carbocycles. The van der Waals surface area contributed by atoms with Gasteiger partial charge in [0, 0.05) is 18.0 Å². The van der Waals surface area contributed by atoms with Gasteiger partial charge in [-0.3, -0.25) is 0 Å². The second-order valence-corrected chi connectivity index (χ2v) is 6.42. The summed E-state index contributed by atoms with van der Waals surface area (Å²) >= 11 is 5.53. The fraction of sp³-hybridized carbons (Fsp3) is 0.455. The van der Waals surface area contributed by atoms with Crippen molar-refractivity contribution in [2.24, 2.45) is 0 Å². The fourth-order valence-electron chi connectivity index (χ4n) is 1.37. The number of hydrogen-bond donors (Lipinski definition) is 1. The quantitative estimate of drug-likeness (QED) is 0.871. The molecule has 0 aliphatic carbocycles. The molecule has 3 nitrogen and oxygen atoms in total. The molecule has 0 heterocycles. The van der Waals surface area contributed by atoms with Gasteiger partial charge in [0.2, 0.25) is 0 Å². The molecule has 0 atom stereocenters. The molecule has 1 N–H and O–H groups in total. The molecule has 0 aliphatic heterocycles.